The van der Waals surface area contributed by atoms with E-state index in [1.54, 1.807) is 0 Å². The Morgan fingerprint density at radius 2 is 1.24 bits per heavy atom. The van der Waals surface area contributed by atoms with Crippen LogP contribution < -0.4 is 5.32 Å². The lowest BCUT2D eigenvalue weighted by Crippen LogP contribution is -2.24. The van der Waals surface area contributed by atoms with Gasteiger partial charge in [-0.3, -0.25) is 4.79 Å². The van der Waals surface area contributed by atoms with E-state index < -0.39 is 0 Å². The number of unbranched alkanes of at least 4 members (excludes halogenated alkanes) is 11. The van der Waals surface area contributed by atoms with Gasteiger partial charge in [0, 0.05) is 19.6 Å². The Morgan fingerprint density at radius 1 is 0.762 bits per heavy atom. The van der Waals surface area contributed by atoms with Crippen LogP contribution in [0.5, 0.6) is 0 Å². The van der Waals surface area contributed by atoms with Crippen molar-refractivity contribution in [1.82, 2.24) is 5.32 Å². The SMILES string of the molecule is CCCCCCCCCCCCCCNC(=O)CCCO. The van der Waals surface area contributed by atoms with Crippen molar-refractivity contribution in [2.45, 2.75) is 96.8 Å². The summed E-state index contributed by atoms with van der Waals surface area (Å²) in [7, 11) is 0. The van der Waals surface area contributed by atoms with Crippen LogP contribution in [0.25, 0.3) is 0 Å². The van der Waals surface area contributed by atoms with Crippen LogP contribution in [0.4, 0.5) is 0 Å². The summed E-state index contributed by atoms with van der Waals surface area (Å²) in [4.78, 5) is 11.3. The van der Waals surface area contributed by atoms with Crippen LogP contribution in [0.3, 0.4) is 0 Å². The standard InChI is InChI=1S/C18H37NO2/c1-2-3-4-5-6-7-8-9-10-11-12-13-16-19-18(21)15-14-17-20/h20H,2-17H2,1H3,(H,19,21). The smallest absolute Gasteiger partial charge is 0.220 e. The average molecular weight is 299 g/mol. The molecule has 0 bridgehead atoms. The first-order chi connectivity index (χ1) is 10.3. The van der Waals surface area contributed by atoms with E-state index in [0.717, 1.165) is 13.0 Å². The first-order valence-corrected chi connectivity index (χ1v) is 9.18. The monoisotopic (exact) mass is 299 g/mol. The van der Waals surface area contributed by atoms with E-state index in [4.69, 9.17) is 5.11 Å². The van der Waals surface area contributed by atoms with Crippen molar-refractivity contribution in [3.8, 4) is 0 Å². The lowest BCUT2D eigenvalue weighted by molar-refractivity contribution is -0.121. The first-order valence-electron chi connectivity index (χ1n) is 9.18. The van der Waals surface area contributed by atoms with E-state index in [1.807, 2.05) is 0 Å². The molecule has 2 N–H and O–H groups in total. The molecule has 0 aliphatic rings. The molecule has 0 aromatic heterocycles. The van der Waals surface area contributed by atoms with Gasteiger partial charge in [-0.15, -0.1) is 0 Å². The third-order valence-corrected chi connectivity index (χ3v) is 3.91. The van der Waals surface area contributed by atoms with Gasteiger partial charge in [0.2, 0.25) is 5.91 Å². The van der Waals surface area contributed by atoms with E-state index in [1.165, 1.54) is 70.6 Å². The van der Waals surface area contributed by atoms with Gasteiger partial charge in [-0.1, -0.05) is 77.6 Å². The lowest BCUT2D eigenvalue weighted by atomic mass is 10.1. The molecule has 1 amide bonds. The molecule has 0 aliphatic heterocycles. The summed E-state index contributed by atoms with van der Waals surface area (Å²) in [6.45, 7) is 3.16. The number of aliphatic hydroxyl groups excluding tert-OH is 1. The minimum absolute atomic E-state index is 0.0760. The zero-order chi connectivity index (χ0) is 15.6. The van der Waals surface area contributed by atoms with Gasteiger partial charge in [0.25, 0.3) is 0 Å². The highest BCUT2D eigenvalue weighted by Crippen LogP contribution is 2.11. The Hall–Kier alpha value is -0.570. The number of carbonyl (C=O) groups excluding carboxylic acids is 1. The molecular formula is C18H37NO2. The van der Waals surface area contributed by atoms with Gasteiger partial charge in [0.05, 0.1) is 0 Å². The van der Waals surface area contributed by atoms with E-state index in [2.05, 4.69) is 12.2 Å². The van der Waals surface area contributed by atoms with Gasteiger partial charge in [0.1, 0.15) is 0 Å². The maximum atomic E-state index is 11.3. The number of carbonyl (C=O) groups is 1. The Morgan fingerprint density at radius 3 is 1.71 bits per heavy atom. The molecular weight excluding hydrogens is 262 g/mol. The molecule has 0 aliphatic carbocycles. The molecule has 21 heavy (non-hydrogen) atoms. The Balaban J connectivity index is 3.04. The quantitative estimate of drug-likeness (QED) is 0.410. The van der Waals surface area contributed by atoms with Crippen LogP contribution in [0.1, 0.15) is 96.8 Å². The van der Waals surface area contributed by atoms with Gasteiger partial charge in [-0.2, -0.15) is 0 Å². The molecule has 0 rings (SSSR count). The van der Waals surface area contributed by atoms with Gasteiger partial charge in [-0.05, 0) is 12.8 Å². The number of aliphatic hydroxyl groups is 1. The van der Waals surface area contributed by atoms with Crippen LogP contribution in [-0.4, -0.2) is 24.2 Å². The van der Waals surface area contributed by atoms with E-state index in [0.29, 0.717) is 12.8 Å². The summed E-state index contributed by atoms with van der Waals surface area (Å²) >= 11 is 0. The predicted molar refractivity (Wildman–Crippen MR) is 90.4 cm³/mol. The van der Waals surface area contributed by atoms with Crippen LogP contribution in [0.15, 0.2) is 0 Å². The highest BCUT2D eigenvalue weighted by atomic mass is 16.3. The Labute approximate surface area is 131 Å². The maximum Gasteiger partial charge on any atom is 0.220 e. The highest BCUT2D eigenvalue weighted by Gasteiger charge is 1.99. The molecule has 0 saturated heterocycles. The largest absolute Gasteiger partial charge is 0.396 e. The van der Waals surface area contributed by atoms with Crippen LogP contribution in [0.2, 0.25) is 0 Å². The van der Waals surface area contributed by atoms with Crippen molar-refractivity contribution in [3.05, 3.63) is 0 Å². The van der Waals surface area contributed by atoms with Crippen molar-refractivity contribution in [1.29, 1.82) is 0 Å². The van der Waals surface area contributed by atoms with Crippen molar-refractivity contribution in [3.63, 3.8) is 0 Å². The molecule has 0 fully saturated rings. The molecule has 0 atom stereocenters. The van der Waals surface area contributed by atoms with Gasteiger partial charge in [0.15, 0.2) is 0 Å². The molecule has 0 aromatic carbocycles. The molecule has 0 heterocycles. The summed E-state index contributed by atoms with van der Waals surface area (Å²) in [5.74, 6) is 0.0760. The second kappa shape index (κ2) is 17.5. The minimum atomic E-state index is 0.0760. The summed E-state index contributed by atoms with van der Waals surface area (Å²) in [6, 6.07) is 0. The third kappa shape index (κ3) is 17.4. The molecule has 0 saturated carbocycles. The normalized spacial score (nSPS) is 10.8. The maximum absolute atomic E-state index is 11.3. The summed E-state index contributed by atoms with van der Waals surface area (Å²) in [6.07, 6.45) is 17.1. The zero-order valence-corrected chi connectivity index (χ0v) is 14.2. The highest BCUT2D eigenvalue weighted by molar-refractivity contribution is 5.75. The lowest BCUT2D eigenvalue weighted by Gasteiger charge is -2.05. The van der Waals surface area contributed by atoms with Crippen LogP contribution >= 0.6 is 0 Å². The first kappa shape index (κ1) is 20.4. The fourth-order valence-electron chi connectivity index (χ4n) is 2.52. The van der Waals surface area contributed by atoms with Crippen molar-refractivity contribution in [2.24, 2.45) is 0 Å². The molecule has 0 radical (unpaired) electrons. The third-order valence-electron chi connectivity index (χ3n) is 3.91. The second-order valence-corrected chi connectivity index (χ2v) is 6.07. The molecule has 0 spiro atoms. The molecule has 3 nitrogen and oxygen atoms in total. The predicted octanol–water partition coefficient (Wildman–Crippen LogP) is 4.58. The van der Waals surface area contributed by atoms with E-state index in [9.17, 15) is 4.79 Å². The number of amides is 1. The van der Waals surface area contributed by atoms with Crippen LogP contribution in [-0.2, 0) is 4.79 Å². The fourth-order valence-corrected chi connectivity index (χ4v) is 2.52. The number of rotatable bonds is 16. The average Bonchev–Trinajstić information content (AvgIpc) is 2.49. The fraction of sp³-hybridized carbons (Fsp3) is 0.944. The van der Waals surface area contributed by atoms with Crippen molar-refractivity contribution in [2.75, 3.05) is 13.2 Å². The van der Waals surface area contributed by atoms with Crippen LogP contribution in [0, 0.1) is 0 Å². The molecule has 0 aromatic rings. The molecule has 126 valence electrons. The zero-order valence-electron chi connectivity index (χ0n) is 14.2. The number of hydrogen-bond donors (Lipinski definition) is 2. The summed E-state index contributed by atoms with van der Waals surface area (Å²) < 4.78 is 0. The van der Waals surface area contributed by atoms with Gasteiger partial charge >= 0.3 is 0 Å². The molecule has 0 unspecified atom stereocenters. The van der Waals surface area contributed by atoms with E-state index in [-0.39, 0.29) is 12.5 Å². The Kier molecular flexibility index (Phi) is 17.0. The minimum Gasteiger partial charge on any atom is -0.396 e. The summed E-state index contributed by atoms with van der Waals surface area (Å²) in [5.41, 5.74) is 0. The second-order valence-electron chi connectivity index (χ2n) is 6.07. The summed E-state index contributed by atoms with van der Waals surface area (Å²) in [5, 5.41) is 11.5. The van der Waals surface area contributed by atoms with E-state index >= 15 is 0 Å². The molecule has 3 heteroatoms. The Bertz CT molecular complexity index is 219. The number of nitrogens with one attached hydrogen (secondary N) is 1. The van der Waals surface area contributed by atoms with Crippen molar-refractivity contribution >= 4 is 5.91 Å². The van der Waals surface area contributed by atoms with Gasteiger partial charge in [-0.25, -0.2) is 0 Å². The number of hydrogen-bond acceptors (Lipinski definition) is 2. The van der Waals surface area contributed by atoms with Crippen molar-refractivity contribution < 1.29 is 9.90 Å². The topological polar surface area (TPSA) is 49.3 Å². The van der Waals surface area contributed by atoms with Gasteiger partial charge < -0.3 is 10.4 Å².